The Balaban J connectivity index is 2.85. The lowest BCUT2D eigenvalue weighted by Crippen LogP contribution is -2.30. The fraction of sp³-hybridized carbons (Fsp3) is 0.429. The van der Waals surface area contributed by atoms with E-state index >= 15 is 0 Å². The van der Waals surface area contributed by atoms with Crippen LogP contribution in [0.2, 0.25) is 0 Å². The summed E-state index contributed by atoms with van der Waals surface area (Å²) in [7, 11) is 0. The van der Waals surface area contributed by atoms with Crippen LogP contribution in [0.4, 0.5) is 13.2 Å². The van der Waals surface area contributed by atoms with Crippen LogP contribution in [0.1, 0.15) is 0 Å². The third kappa shape index (κ3) is 1.94. The molecule has 0 radical (unpaired) electrons. The molecule has 0 amide bonds. The van der Waals surface area contributed by atoms with Gasteiger partial charge in [-0.05, 0) is 12.2 Å². The van der Waals surface area contributed by atoms with Gasteiger partial charge in [0.1, 0.15) is 0 Å². The maximum absolute atomic E-state index is 12.1. The van der Waals surface area contributed by atoms with Gasteiger partial charge in [-0.1, -0.05) is 6.08 Å². The summed E-state index contributed by atoms with van der Waals surface area (Å²) in [6.45, 7) is 0. The molecule has 0 fully saturated rings. The first-order valence-corrected chi connectivity index (χ1v) is 3.71. The van der Waals surface area contributed by atoms with Crippen LogP contribution in [0, 0.1) is 5.92 Å². The summed E-state index contributed by atoms with van der Waals surface area (Å²) in [5.74, 6) is -1.66. The van der Waals surface area contributed by atoms with Gasteiger partial charge in [-0.15, -0.1) is 11.6 Å². The van der Waals surface area contributed by atoms with Crippen molar-refractivity contribution in [2.24, 2.45) is 11.7 Å². The highest BCUT2D eigenvalue weighted by Gasteiger charge is 2.42. The van der Waals surface area contributed by atoms with Gasteiger partial charge in [0.15, 0.2) is 0 Å². The van der Waals surface area contributed by atoms with E-state index in [2.05, 4.69) is 0 Å². The molecule has 68 valence electrons. The normalized spacial score (nSPS) is 30.2. The van der Waals surface area contributed by atoms with Gasteiger partial charge in [-0.2, -0.15) is 13.2 Å². The van der Waals surface area contributed by atoms with Crippen LogP contribution in [0.25, 0.3) is 0 Å². The second-order valence-corrected chi connectivity index (χ2v) is 3.04. The van der Waals surface area contributed by atoms with Crippen LogP contribution < -0.4 is 5.73 Å². The average Bonchev–Trinajstić information content (AvgIpc) is 1.92. The third-order valence-electron chi connectivity index (χ3n) is 1.57. The van der Waals surface area contributed by atoms with Crippen molar-refractivity contribution in [2.45, 2.75) is 11.6 Å². The van der Waals surface area contributed by atoms with Gasteiger partial charge >= 0.3 is 6.18 Å². The van der Waals surface area contributed by atoms with Crippen molar-refractivity contribution in [1.82, 2.24) is 0 Å². The topological polar surface area (TPSA) is 26.0 Å². The number of nitrogens with two attached hydrogens (primary N) is 1. The van der Waals surface area contributed by atoms with Crippen molar-refractivity contribution in [3.63, 3.8) is 0 Å². The molecule has 2 unspecified atom stereocenters. The van der Waals surface area contributed by atoms with Crippen LogP contribution in [0.15, 0.2) is 23.9 Å². The first-order chi connectivity index (χ1) is 5.41. The molecule has 2 N–H and O–H groups in total. The molecule has 0 aliphatic heterocycles. The van der Waals surface area contributed by atoms with Gasteiger partial charge in [0.2, 0.25) is 0 Å². The van der Waals surface area contributed by atoms with Crippen molar-refractivity contribution >= 4 is 11.6 Å². The number of halogens is 4. The maximum atomic E-state index is 12.1. The van der Waals surface area contributed by atoms with E-state index in [4.69, 9.17) is 17.3 Å². The molecule has 0 saturated heterocycles. The van der Waals surface area contributed by atoms with Gasteiger partial charge in [-0.3, -0.25) is 0 Å². The van der Waals surface area contributed by atoms with Gasteiger partial charge in [0.25, 0.3) is 0 Å². The molecule has 0 saturated carbocycles. The van der Waals surface area contributed by atoms with E-state index in [0.29, 0.717) is 0 Å². The molecule has 0 heterocycles. The molecule has 1 rings (SSSR count). The molecule has 2 atom stereocenters. The van der Waals surface area contributed by atoms with E-state index in [1.165, 1.54) is 12.2 Å². The van der Waals surface area contributed by atoms with Crippen LogP contribution in [0.5, 0.6) is 0 Å². The largest absolute Gasteiger partial charge is 0.399 e. The Labute approximate surface area is 72.7 Å². The summed E-state index contributed by atoms with van der Waals surface area (Å²) >= 11 is 5.43. The lowest BCUT2D eigenvalue weighted by Gasteiger charge is -2.22. The van der Waals surface area contributed by atoms with Crippen molar-refractivity contribution < 1.29 is 13.2 Å². The summed E-state index contributed by atoms with van der Waals surface area (Å²) < 4.78 is 36.4. The van der Waals surface area contributed by atoms with E-state index in [-0.39, 0.29) is 5.70 Å². The molecule has 0 spiro atoms. The van der Waals surface area contributed by atoms with Crippen molar-refractivity contribution in [3.05, 3.63) is 23.9 Å². The van der Waals surface area contributed by atoms with E-state index < -0.39 is 17.5 Å². The first-order valence-electron chi connectivity index (χ1n) is 3.27. The number of allylic oxidation sites excluding steroid dienone is 3. The van der Waals surface area contributed by atoms with Crippen LogP contribution in [-0.4, -0.2) is 11.6 Å². The van der Waals surface area contributed by atoms with Gasteiger partial charge in [-0.25, -0.2) is 0 Å². The fourth-order valence-corrected chi connectivity index (χ4v) is 1.24. The Morgan fingerprint density at radius 2 is 2.00 bits per heavy atom. The highest BCUT2D eigenvalue weighted by Crippen LogP contribution is 2.35. The predicted octanol–water partition coefficient (Wildman–Crippen LogP) is 2.18. The number of alkyl halides is 4. The van der Waals surface area contributed by atoms with Crippen molar-refractivity contribution in [1.29, 1.82) is 0 Å². The lowest BCUT2D eigenvalue weighted by atomic mass is 9.98. The monoisotopic (exact) mass is 197 g/mol. The number of hydrogen-bond acceptors (Lipinski definition) is 1. The summed E-state index contributed by atoms with van der Waals surface area (Å²) in [5, 5.41) is -1.04. The maximum Gasteiger partial charge on any atom is 0.396 e. The molecule has 0 aromatic rings. The molecule has 0 bridgehead atoms. The minimum Gasteiger partial charge on any atom is -0.399 e. The highest BCUT2D eigenvalue weighted by atomic mass is 35.5. The summed E-state index contributed by atoms with van der Waals surface area (Å²) in [5.41, 5.74) is 5.31. The number of rotatable bonds is 0. The number of hydrogen-bond donors (Lipinski definition) is 1. The van der Waals surface area contributed by atoms with Gasteiger partial charge < -0.3 is 5.73 Å². The molecule has 5 heteroatoms. The molecule has 0 aromatic heterocycles. The summed E-state index contributed by atoms with van der Waals surface area (Å²) in [6, 6.07) is 0. The van der Waals surface area contributed by atoms with Crippen molar-refractivity contribution in [3.8, 4) is 0 Å². The molecule has 1 aliphatic rings. The predicted molar refractivity (Wildman–Crippen MR) is 40.6 cm³/mol. The highest BCUT2D eigenvalue weighted by molar-refractivity contribution is 6.22. The fourth-order valence-electron chi connectivity index (χ4n) is 0.953. The molecular formula is C7H7ClF3N. The van der Waals surface area contributed by atoms with Crippen LogP contribution >= 0.6 is 11.6 Å². The second kappa shape index (κ2) is 3.01. The summed E-state index contributed by atoms with van der Waals surface area (Å²) in [4.78, 5) is 0. The summed E-state index contributed by atoms with van der Waals surface area (Å²) in [6.07, 6.45) is -0.769. The Morgan fingerprint density at radius 1 is 1.42 bits per heavy atom. The Morgan fingerprint density at radius 3 is 2.42 bits per heavy atom. The zero-order valence-electron chi connectivity index (χ0n) is 5.98. The Hall–Kier alpha value is -0.640. The molecule has 12 heavy (non-hydrogen) atoms. The van der Waals surface area contributed by atoms with Crippen LogP contribution in [0.3, 0.4) is 0 Å². The second-order valence-electron chi connectivity index (χ2n) is 2.54. The molecule has 0 aromatic carbocycles. The average molecular weight is 198 g/mol. The standard InChI is InChI=1S/C7H7ClF3N/c8-6-2-1-4(12)3-5(6)7(9,10)11/h1-3,5-6H,12H2. The van der Waals surface area contributed by atoms with Crippen LogP contribution in [-0.2, 0) is 0 Å². The van der Waals surface area contributed by atoms with E-state index in [1.807, 2.05) is 0 Å². The van der Waals surface area contributed by atoms with Crippen molar-refractivity contribution in [2.75, 3.05) is 0 Å². The molecule has 1 aliphatic carbocycles. The third-order valence-corrected chi connectivity index (χ3v) is 1.98. The van der Waals surface area contributed by atoms with E-state index in [0.717, 1.165) is 6.08 Å². The van der Waals surface area contributed by atoms with Gasteiger partial charge in [0, 0.05) is 5.70 Å². The van der Waals surface area contributed by atoms with E-state index in [9.17, 15) is 13.2 Å². The SMILES string of the molecule is NC1=CC(C(F)(F)F)C(Cl)C=C1. The zero-order valence-corrected chi connectivity index (χ0v) is 6.73. The van der Waals surface area contributed by atoms with Gasteiger partial charge in [0.05, 0.1) is 11.3 Å². The minimum absolute atomic E-state index is 0.106. The molecule has 1 nitrogen and oxygen atoms in total. The molecular weight excluding hydrogens is 191 g/mol. The lowest BCUT2D eigenvalue weighted by molar-refractivity contribution is -0.159. The minimum atomic E-state index is -4.32. The quantitative estimate of drug-likeness (QED) is 0.592. The first kappa shape index (κ1) is 9.45. The van der Waals surface area contributed by atoms with E-state index in [1.54, 1.807) is 0 Å². The Kier molecular flexibility index (Phi) is 2.37. The Bertz CT molecular complexity index is 231. The smallest absolute Gasteiger partial charge is 0.396 e. The zero-order chi connectivity index (χ0) is 9.35.